The lowest BCUT2D eigenvalue weighted by atomic mass is 10.4. The number of hydrogen-bond acceptors (Lipinski definition) is 0. The number of rotatable bonds is 2. The average Bonchev–Trinajstić information content (AvgIpc) is 1.61. The Hall–Kier alpha value is -0.660. The molecular weight excluding hydrogens is 110 g/mol. The molecule has 2 heteroatoms. The van der Waals surface area contributed by atoms with Crippen molar-refractivity contribution in [1.82, 2.24) is 0 Å². The van der Waals surface area contributed by atoms with Crippen LogP contribution >= 0.6 is 0 Å². The molecule has 0 N–H and O–H groups in total. The summed E-state index contributed by atoms with van der Waals surface area (Å²) in [5, 5.41) is 0. The van der Waals surface area contributed by atoms with Gasteiger partial charge in [-0.05, 0) is 6.42 Å². The van der Waals surface area contributed by atoms with E-state index in [1.54, 1.807) is 6.08 Å². The summed E-state index contributed by atoms with van der Waals surface area (Å²) in [5.74, 6) is 0. The van der Waals surface area contributed by atoms with Crippen molar-refractivity contribution in [3.63, 3.8) is 0 Å². The van der Waals surface area contributed by atoms with E-state index in [4.69, 9.17) is 0 Å². The van der Waals surface area contributed by atoms with E-state index in [9.17, 15) is 0 Å². The van der Waals surface area contributed by atoms with Crippen molar-refractivity contribution >= 4 is 0 Å². The molecule has 0 unspecified atom stereocenters. The molecule has 8 heavy (non-hydrogen) atoms. The molecule has 0 aliphatic heterocycles. The van der Waals surface area contributed by atoms with Crippen molar-refractivity contribution in [2.45, 2.75) is 13.3 Å². The molecule has 0 heterocycles. The summed E-state index contributed by atoms with van der Waals surface area (Å²) in [6.45, 7) is 5.61. The quantitative estimate of drug-likeness (QED) is 0.493. The molecule has 0 bridgehead atoms. The molecule has 0 aromatic heterocycles. The monoisotopic (exact) mass is 122 g/mol. The van der Waals surface area contributed by atoms with E-state index in [2.05, 4.69) is 19.6 Å². The lowest BCUT2D eigenvalue weighted by Gasteiger charge is -1.67. The molecule has 0 radical (unpaired) electrons. The average molecular weight is 122 g/mol. The summed E-state index contributed by atoms with van der Waals surface area (Å²) in [4.78, 5) is 0. The summed E-state index contributed by atoms with van der Waals surface area (Å²) < 4.78 is 0. The summed E-state index contributed by atoms with van der Waals surface area (Å²) in [5.41, 5.74) is 0. The Morgan fingerprint density at radius 3 is 2.00 bits per heavy atom. The van der Waals surface area contributed by atoms with Gasteiger partial charge in [-0.2, -0.15) is 0 Å². The summed E-state index contributed by atoms with van der Waals surface area (Å²) in [6, 6.07) is 0. The van der Waals surface area contributed by atoms with Crippen LogP contribution in [-0.4, -0.2) is 0 Å². The third-order valence-corrected chi connectivity index (χ3v) is 0.508. The predicted octanol–water partition coefficient (Wildman–Crippen LogP) is 2.44. The molecule has 0 rings (SSSR count). The Labute approximate surface area is 48.6 Å². The van der Waals surface area contributed by atoms with E-state index in [1.165, 1.54) is 0 Å². The molecule has 0 saturated carbocycles. The highest BCUT2D eigenvalue weighted by Crippen LogP contribution is 1.76. The minimum absolute atomic E-state index is 0. The molecule has 0 aliphatic carbocycles. The van der Waals surface area contributed by atoms with Gasteiger partial charge in [0.25, 0.3) is 0 Å². The number of hydrogen-bond donors (Lipinski definition) is 0. The first-order chi connectivity index (χ1) is 2.91. The first-order valence-electron chi connectivity index (χ1n) is 2.19. The Morgan fingerprint density at radius 1 is 1.38 bits per heavy atom. The summed E-state index contributed by atoms with van der Waals surface area (Å²) in [7, 11) is 0. The normalized spacial score (nSPS) is 7.12. The smallest absolute Gasteiger partial charge is 0.0376 e. The molecule has 0 aromatic carbocycles. The van der Waals surface area contributed by atoms with Crippen LogP contribution in [0.3, 0.4) is 0 Å². The highest BCUT2D eigenvalue weighted by molar-refractivity contribution is 4.96. The Morgan fingerprint density at radius 2 is 1.88 bits per heavy atom. The van der Waals surface area contributed by atoms with Gasteiger partial charge in [-0.3, -0.25) is 9.41 Å². The van der Waals surface area contributed by atoms with Crippen molar-refractivity contribution in [3.05, 3.63) is 24.8 Å². The van der Waals surface area contributed by atoms with Gasteiger partial charge in [0, 0.05) is 0 Å². The highest BCUT2D eigenvalue weighted by atomic mass is 19.0. The van der Waals surface area contributed by atoms with Gasteiger partial charge in [0.1, 0.15) is 0 Å². The van der Waals surface area contributed by atoms with Crippen LogP contribution in [0.15, 0.2) is 24.8 Å². The predicted molar refractivity (Wildman–Crippen MR) is 34.6 cm³/mol. The molecule has 0 aliphatic rings. The maximum atomic E-state index is 3.51. The van der Waals surface area contributed by atoms with Crippen LogP contribution in [0.1, 0.15) is 13.3 Å². The minimum Gasteiger partial charge on any atom is -0.269 e. The van der Waals surface area contributed by atoms with Crippen molar-refractivity contribution < 1.29 is 9.41 Å². The van der Waals surface area contributed by atoms with Crippen molar-refractivity contribution in [2.75, 3.05) is 0 Å². The fourth-order valence-electron chi connectivity index (χ4n) is 0.232. The SMILES string of the molecule is C=CC=CCC.F.F. The maximum Gasteiger partial charge on any atom is -0.0376 e. The van der Waals surface area contributed by atoms with Gasteiger partial charge >= 0.3 is 0 Å². The Balaban J connectivity index is -0.000000125. The molecular formula is C6H12F2. The summed E-state index contributed by atoms with van der Waals surface area (Å²) in [6.07, 6.45) is 6.89. The Kier molecular flexibility index (Phi) is 31.7. The van der Waals surface area contributed by atoms with Crippen molar-refractivity contribution in [3.8, 4) is 0 Å². The van der Waals surface area contributed by atoms with Crippen LogP contribution in [-0.2, 0) is 0 Å². The third kappa shape index (κ3) is 18.4. The first kappa shape index (κ1) is 15.7. The zero-order valence-corrected chi connectivity index (χ0v) is 4.96. The van der Waals surface area contributed by atoms with Crippen LogP contribution in [0.25, 0.3) is 0 Å². The first-order valence-corrected chi connectivity index (χ1v) is 2.19. The van der Waals surface area contributed by atoms with Crippen LogP contribution in [0.2, 0.25) is 0 Å². The van der Waals surface area contributed by atoms with E-state index >= 15 is 0 Å². The van der Waals surface area contributed by atoms with E-state index in [-0.39, 0.29) is 9.41 Å². The van der Waals surface area contributed by atoms with E-state index in [0.29, 0.717) is 0 Å². The molecule has 50 valence electrons. The molecule has 0 amide bonds. The van der Waals surface area contributed by atoms with Crippen LogP contribution in [0, 0.1) is 0 Å². The lowest BCUT2D eigenvalue weighted by Crippen LogP contribution is -1.46. The van der Waals surface area contributed by atoms with Crippen LogP contribution in [0.5, 0.6) is 0 Å². The molecule has 0 nitrogen and oxygen atoms in total. The van der Waals surface area contributed by atoms with Crippen molar-refractivity contribution in [2.24, 2.45) is 0 Å². The van der Waals surface area contributed by atoms with E-state index < -0.39 is 0 Å². The van der Waals surface area contributed by atoms with Gasteiger partial charge in [0.05, 0.1) is 0 Å². The molecule has 0 aromatic rings. The minimum atomic E-state index is 0. The second-order valence-corrected chi connectivity index (χ2v) is 1.07. The fourth-order valence-corrected chi connectivity index (χ4v) is 0.232. The van der Waals surface area contributed by atoms with Gasteiger partial charge in [0.15, 0.2) is 0 Å². The zero-order chi connectivity index (χ0) is 4.83. The topological polar surface area (TPSA) is 0 Å². The highest BCUT2D eigenvalue weighted by Gasteiger charge is 1.55. The molecule has 0 fully saturated rings. The van der Waals surface area contributed by atoms with E-state index in [1.807, 2.05) is 6.08 Å². The van der Waals surface area contributed by atoms with Gasteiger partial charge < -0.3 is 0 Å². The third-order valence-electron chi connectivity index (χ3n) is 0.508. The van der Waals surface area contributed by atoms with Crippen LogP contribution < -0.4 is 0 Å². The zero-order valence-electron chi connectivity index (χ0n) is 4.96. The molecule has 0 atom stereocenters. The van der Waals surface area contributed by atoms with Crippen LogP contribution in [0.4, 0.5) is 9.41 Å². The second-order valence-electron chi connectivity index (χ2n) is 1.07. The Bertz CT molecular complexity index is 57.5. The fraction of sp³-hybridized carbons (Fsp3) is 0.333. The molecule has 0 saturated heterocycles. The lowest BCUT2D eigenvalue weighted by molar-refractivity contribution is 1.11. The molecule has 0 spiro atoms. The van der Waals surface area contributed by atoms with Gasteiger partial charge in [0.2, 0.25) is 0 Å². The summed E-state index contributed by atoms with van der Waals surface area (Å²) >= 11 is 0. The second kappa shape index (κ2) is 16.2. The maximum absolute atomic E-state index is 3.51. The number of allylic oxidation sites excluding steroid dienone is 3. The largest absolute Gasteiger partial charge is 0.269 e. The number of halogens is 2. The van der Waals surface area contributed by atoms with Gasteiger partial charge in [-0.1, -0.05) is 31.7 Å². The van der Waals surface area contributed by atoms with Gasteiger partial charge in [-0.25, -0.2) is 0 Å². The van der Waals surface area contributed by atoms with E-state index in [0.717, 1.165) is 6.42 Å². The standard InChI is InChI=1S/C6H10.2FH/c1-3-5-6-4-2;;/h3,5-6H,1,4H2,2H3;2*1H. The van der Waals surface area contributed by atoms with Crippen molar-refractivity contribution in [1.29, 1.82) is 0 Å². The van der Waals surface area contributed by atoms with Gasteiger partial charge in [-0.15, -0.1) is 0 Å².